The molecule has 0 bridgehead atoms. The maximum Gasteiger partial charge on any atom is 0.238 e. The Morgan fingerprint density at radius 1 is 0.365 bits per heavy atom. The van der Waals surface area contributed by atoms with Crippen LogP contribution in [0.25, 0.3) is 121 Å². The lowest BCUT2D eigenvalue weighted by molar-refractivity contribution is 0.953. The van der Waals surface area contributed by atoms with Gasteiger partial charge in [0.1, 0.15) is 0 Å². The Bertz CT molecular complexity index is 3870. The van der Waals surface area contributed by atoms with Gasteiger partial charge in [0.2, 0.25) is 5.95 Å². The van der Waals surface area contributed by atoms with Crippen LogP contribution in [0.1, 0.15) is 0 Å². The number of fused-ring (bicyclic) bond motifs is 9. The number of hydrogen-bond donors (Lipinski definition) is 0. The van der Waals surface area contributed by atoms with Crippen molar-refractivity contribution in [2.24, 2.45) is 0 Å². The van der Waals surface area contributed by atoms with Crippen molar-refractivity contribution in [2.45, 2.75) is 0 Å². The zero-order valence-electron chi connectivity index (χ0n) is 33.6. The van der Waals surface area contributed by atoms with E-state index in [1.807, 2.05) is 85.3 Å². The topological polar surface area (TPSA) is 74.3 Å². The second-order valence-electron chi connectivity index (χ2n) is 15.8. The van der Waals surface area contributed by atoms with Gasteiger partial charge < -0.3 is 4.57 Å². The molecule has 0 radical (unpaired) electrons. The highest BCUT2D eigenvalue weighted by molar-refractivity contribution is 7.25. The molecular weight excluding hydrogens is 791 g/mol. The first kappa shape index (κ1) is 35.4. The molecule has 0 aliphatic rings. The smallest absolute Gasteiger partial charge is 0.238 e. The number of para-hydroxylation sites is 2. The molecule has 13 aromatic rings. The summed E-state index contributed by atoms with van der Waals surface area (Å²) in [5, 5.41) is 5.82. The SMILES string of the molecule is c1ccc(-c2nc(-c3ccccc3)nc(-n3c4ccccc4c4ccc(-c5cncc(-c6ccc7c(c6)c6ccccc6n7-c6ccc7sc8cccnc8c7c6)c5)cc43)n2)cc1. The first-order valence-corrected chi connectivity index (χ1v) is 21.7. The molecule has 7 nitrogen and oxygen atoms in total. The van der Waals surface area contributed by atoms with E-state index in [9.17, 15) is 0 Å². The molecule has 7 aromatic carbocycles. The Labute approximate surface area is 364 Å². The molecule has 0 saturated heterocycles. The van der Waals surface area contributed by atoms with E-state index in [0.29, 0.717) is 17.6 Å². The van der Waals surface area contributed by atoms with Gasteiger partial charge >= 0.3 is 0 Å². The molecule has 0 spiro atoms. The summed E-state index contributed by atoms with van der Waals surface area (Å²) in [4.78, 5) is 24.8. The van der Waals surface area contributed by atoms with Gasteiger partial charge in [-0.1, -0.05) is 115 Å². The fourth-order valence-corrected chi connectivity index (χ4v) is 10.2. The minimum Gasteiger partial charge on any atom is -0.309 e. The van der Waals surface area contributed by atoms with Gasteiger partial charge in [-0.15, -0.1) is 11.3 Å². The average Bonchev–Trinajstić information content (AvgIpc) is 4.01. The number of nitrogens with zero attached hydrogens (tertiary/aromatic N) is 7. The van der Waals surface area contributed by atoms with E-state index in [2.05, 4.69) is 124 Å². The average molecular weight is 824 g/mol. The quantitative estimate of drug-likeness (QED) is 0.167. The minimum absolute atomic E-state index is 0.561. The number of rotatable bonds is 6. The molecule has 0 amide bonds. The molecule has 0 N–H and O–H groups in total. The molecule has 0 aliphatic carbocycles. The Kier molecular flexibility index (Phi) is 7.94. The predicted octanol–water partition coefficient (Wildman–Crippen LogP) is 13.9. The minimum atomic E-state index is 0.561. The van der Waals surface area contributed by atoms with E-state index in [-0.39, 0.29) is 0 Å². The van der Waals surface area contributed by atoms with Crippen LogP contribution >= 0.6 is 11.3 Å². The number of aromatic nitrogens is 7. The second-order valence-corrected chi connectivity index (χ2v) is 16.9. The van der Waals surface area contributed by atoms with E-state index < -0.39 is 0 Å². The zero-order valence-corrected chi connectivity index (χ0v) is 34.4. The molecule has 13 rings (SSSR count). The Morgan fingerprint density at radius 2 is 0.984 bits per heavy atom. The highest BCUT2D eigenvalue weighted by Crippen LogP contribution is 2.40. The van der Waals surface area contributed by atoms with Crippen molar-refractivity contribution in [3.63, 3.8) is 0 Å². The van der Waals surface area contributed by atoms with E-state index >= 15 is 0 Å². The van der Waals surface area contributed by atoms with Crippen LogP contribution in [0.15, 0.2) is 201 Å². The van der Waals surface area contributed by atoms with Gasteiger partial charge in [-0.3, -0.25) is 14.5 Å². The number of thiophene rings is 1. The van der Waals surface area contributed by atoms with Crippen LogP contribution in [0.5, 0.6) is 0 Å². The van der Waals surface area contributed by atoms with Gasteiger partial charge in [-0.25, -0.2) is 4.98 Å². The Hall–Kier alpha value is -8.33. The van der Waals surface area contributed by atoms with Crippen LogP contribution in [0, 0.1) is 0 Å². The molecule has 0 unspecified atom stereocenters. The molecule has 0 fully saturated rings. The van der Waals surface area contributed by atoms with Crippen LogP contribution in [-0.4, -0.2) is 34.1 Å². The van der Waals surface area contributed by atoms with Crippen molar-refractivity contribution in [1.82, 2.24) is 34.1 Å². The van der Waals surface area contributed by atoms with Gasteiger partial charge in [0.25, 0.3) is 0 Å². The van der Waals surface area contributed by atoms with Gasteiger partial charge in [0, 0.05) is 78.2 Å². The number of pyridine rings is 2. The van der Waals surface area contributed by atoms with E-state index in [0.717, 1.165) is 77.4 Å². The van der Waals surface area contributed by atoms with Gasteiger partial charge in [0.15, 0.2) is 11.6 Å². The van der Waals surface area contributed by atoms with E-state index in [1.165, 1.54) is 25.6 Å². The summed E-state index contributed by atoms with van der Waals surface area (Å²) in [5.74, 6) is 1.80. The maximum absolute atomic E-state index is 5.14. The molecule has 0 saturated carbocycles. The highest BCUT2D eigenvalue weighted by atomic mass is 32.1. The molecule has 0 aliphatic heterocycles. The fraction of sp³-hybridized carbons (Fsp3) is 0. The summed E-state index contributed by atoms with van der Waals surface area (Å²) in [7, 11) is 0. The number of benzene rings is 7. The molecule has 294 valence electrons. The van der Waals surface area contributed by atoms with Crippen molar-refractivity contribution in [1.29, 1.82) is 0 Å². The monoisotopic (exact) mass is 823 g/mol. The van der Waals surface area contributed by atoms with Crippen molar-refractivity contribution in [3.05, 3.63) is 201 Å². The molecule has 63 heavy (non-hydrogen) atoms. The van der Waals surface area contributed by atoms with Gasteiger partial charge in [-0.05, 0) is 77.9 Å². The third-order valence-corrected chi connectivity index (χ3v) is 13.2. The standard InChI is InChI=1S/C55H33N7S/c1-3-12-34(13-4-1)53-58-54(35-14-5-2-6-15-35)60-55(59-53)62-47-19-10-7-16-41(47)43-24-21-37(30-49(43)62)39-28-38(32-56-33-39)36-22-25-48-44(29-36)42-17-8-9-18-46(42)61(48)40-23-26-50-45(31-40)52-51(63-50)20-11-27-57-52/h1-33H. The van der Waals surface area contributed by atoms with Crippen LogP contribution < -0.4 is 0 Å². The van der Waals surface area contributed by atoms with Crippen molar-refractivity contribution < 1.29 is 0 Å². The predicted molar refractivity (Wildman–Crippen MR) is 259 cm³/mol. The zero-order chi connectivity index (χ0) is 41.4. The number of hydrogen-bond acceptors (Lipinski definition) is 6. The first-order chi connectivity index (χ1) is 31.2. The maximum atomic E-state index is 5.14. The molecular formula is C55H33N7S. The van der Waals surface area contributed by atoms with Gasteiger partial charge in [0.05, 0.1) is 32.3 Å². The molecule has 8 heteroatoms. The normalized spacial score (nSPS) is 11.8. The Balaban J connectivity index is 0.942. The van der Waals surface area contributed by atoms with Crippen LogP contribution in [0.3, 0.4) is 0 Å². The Morgan fingerprint density at radius 3 is 1.73 bits per heavy atom. The van der Waals surface area contributed by atoms with Crippen molar-refractivity contribution in [2.75, 3.05) is 0 Å². The highest BCUT2D eigenvalue weighted by Gasteiger charge is 2.20. The second kappa shape index (κ2) is 14.1. The van der Waals surface area contributed by atoms with E-state index in [1.54, 1.807) is 11.3 Å². The van der Waals surface area contributed by atoms with E-state index in [4.69, 9.17) is 24.9 Å². The summed E-state index contributed by atoms with van der Waals surface area (Å²) in [6.07, 6.45) is 5.79. The lowest BCUT2D eigenvalue weighted by atomic mass is 9.99. The lowest BCUT2D eigenvalue weighted by Crippen LogP contribution is -2.06. The fourth-order valence-electron chi connectivity index (χ4n) is 9.17. The summed E-state index contributed by atoms with van der Waals surface area (Å²) in [6, 6.07) is 63.9. The largest absolute Gasteiger partial charge is 0.309 e. The van der Waals surface area contributed by atoms with Crippen LogP contribution in [0.2, 0.25) is 0 Å². The summed E-state index contributed by atoms with van der Waals surface area (Å²) >= 11 is 1.79. The third kappa shape index (κ3) is 5.76. The summed E-state index contributed by atoms with van der Waals surface area (Å²) in [5.41, 5.74) is 12.6. The van der Waals surface area contributed by atoms with Crippen LogP contribution in [0.4, 0.5) is 0 Å². The van der Waals surface area contributed by atoms with Gasteiger partial charge in [-0.2, -0.15) is 9.97 Å². The van der Waals surface area contributed by atoms with Crippen molar-refractivity contribution >= 4 is 75.3 Å². The molecule has 6 aromatic heterocycles. The van der Waals surface area contributed by atoms with Crippen molar-refractivity contribution in [3.8, 4) is 56.7 Å². The molecule has 0 atom stereocenters. The van der Waals surface area contributed by atoms with Crippen LogP contribution in [-0.2, 0) is 0 Å². The summed E-state index contributed by atoms with van der Waals surface area (Å²) < 4.78 is 6.99. The summed E-state index contributed by atoms with van der Waals surface area (Å²) in [6.45, 7) is 0. The first-order valence-electron chi connectivity index (χ1n) is 20.9. The molecule has 6 heterocycles. The lowest BCUT2D eigenvalue weighted by Gasteiger charge is -2.11. The third-order valence-electron chi connectivity index (χ3n) is 12.1.